The lowest BCUT2D eigenvalue weighted by molar-refractivity contribution is -0.385. The van der Waals surface area contributed by atoms with Gasteiger partial charge < -0.3 is 9.84 Å². The number of carboxylic acid groups (broad SMARTS) is 1. The van der Waals surface area contributed by atoms with Crippen LogP contribution in [0.15, 0.2) is 90.0 Å². The average molecular weight is 483 g/mol. The van der Waals surface area contributed by atoms with Crippen LogP contribution in [-0.4, -0.2) is 28.1 Å². The maximum atomic E-state index is 12.4. The first-order chi connectivity index (χ1) is 17.4. The fourth-order valence-electron chi connectivity index (χ4n) is 3.66. The number of carbonyl (C=O) groups is 2. The van der Waals surface area contributed by atoms with E-state index in [0.717, 1.165) is 16.3 Å². The Morgan fingerprint density at radius 2 is 1.69 bits per heavy atom. The Morgan fingerprint density at radius 3 is 2.44 bits per heavy atom. The lowest BCUT2D eigenvalue weighted by Gasteiger charge is -2.12. The average Bonchev–Trinajstić information content (AvgIpc) is 2.88. The molecule has 0 spiro atoms. The van der Waals surface area contributed by atoms with Gasteiger partial charge in [0.15, 0.2) is 0 Å². The Labute approximate surface area is 205 Å². The predicted octanol–water partition coefficient (Wildman–Crippen LogP) is 4.72. The number of carbonyl (C=O) groups excluding carboxylic acids is 1. The van der Waals surface area contributed by atoms with Gasteiger partial charge >= 0.3 is 5.97 Å². The normalized spacial score (nSPS) is 10.9. The van der Waals surface area contributed by atoms with E-state index in [1.165, 1.54) is 30.5 Å². The standard InChI is InChI=1S/C27H21N3O6/c31-26(15-21-6-2-4-8-24(21)30(34)35)29-28-16-23-22-7-3-1-5-19(22)13-14-25(23)36-17-18-9-11-20(12-10-18)27(32)33/h1-14,16H,15,17H2,(H,29,31)(H,32,33)/b28-16+. The number of aromatic carboxylic acids is 1. The molecule has 0 unspecified atom stereocenters. The third-order valence-electron chi connectivity index (χ3n) is 5.45. The number of amides is 1. The molecule has 0 saturated carbocycles. The smallest absolute Gasteiger partial charge is 0.335 e. The number of nitrogens with zero attached hydrogens (tertiary/aromatic N) is 2. The molecule has 0 atom stereocenters. The Kier molecular flexibility index (Phi) is 7.30. The zero-order chi connectivity index (χ0) is 25.5. The molecular formula is C27H21N3O6. The molecule has 0 aromatic heterocycles. The minimum Gasteiger partial charge on any atom is -0.488 e. The highest BCUT2D eigenvalue weighted by Crippen LogP contribution is 2.27. The first-order valence-electron chi connectivity index (χ1n) is 10.9. The van der Waals surface area contributed by atoms with E-state index in [9.17, 15) is 19.7 Å². The van der Waals surface area contributed by atoms with Gasteiger partial charge in [0, 0.05) is 17.2 Å². The van der Waals surface area contributed by atoms with Gasteiger partial charge in [-0.05, 0) is 34.5 Å². The maximum Gasteiger partial charge on any atom is 0.335 e. The van der Waals surface area contributed by atoms with Gasteiger partial charge in [-0.3, -0.25) is 14.9 Å². The van der Waals surface area contributed by atoms with Crippen molar-refractivity contribution < 1.29 is 24.4 Å². The van der Waals surface area contributed by atoms with Crippen LogP contribution in [0, 0.1) is 10.1 Å². The number of carboxylic acids is 1. The summed E-state index contributed by atoms with van der Waals surface area (Å²) < 4.78 is 6.00. The van der Waals surface area contributed by atoms with E-state index >= 15 is 0 Å². The summed E-state index contributed by atoms with van der Waals surface area (Å²) in [6.45, 7) is 0.198. The number of hydrazone groups is 1. The molecule has 0 bridgehead atoms. The van der Waals surface area contributed by atoms with Crippen molar-refractivity contribution in [3.8, 4) is 5.75 Å². The molecule has 0 aliphatic rings. The molecule has 1 amide bonds. The van der Waals surface area contributed by atoms with Crippen molar-refractivity contribution in [3.05, 3.63) is 117 Å². The first kappa shape index (κ1) is 24.1. The number of hydrogen-bond acceptors (Lipinski definition) is 6. The number of benzene rings is 4. The van der Waals surface area contributed by atoms with E-state index in [1.54, 1.807) is 30.3 Å². The molecule has 2 N–H and O–H groups in total. The number of nitro groups is 1. The van der Waals surface area contributed by atoms with Crippen LogP contribution < -0.4 is 10.2 Å². The number of fused-ring (bicyclic) bond motifs is 1. The molecule has 36 heavy (non-hydrogen) atoms. The van der Waals surface area contributed by atoms with E-state index in [4.69, 9.17) is 9.84 Å². The Balaban J connectivity index is 1.52. The molecule has 9 nitrogen and oxygen atoms in total. The van der Waals surface area contributed by atoms with Crippen molar-refractivity contribution in [1.82, 2.24) is 5.43 Å². The molecule has 9 heteroatoms. The minimum atomic E-state index is -1.00. The summed E-state index contributed by atoms with van der Waals surface area (Å²) in [6.07, 6.45) is 1.28. The summed E-state index contributed by atoms with van der Waals surface area (Å²) in [4.78, 5) is 34.1. The fraction of sp³-hybridized carbons (Fsp3) is 0.0741. The number of hydrogen-bond donors (Lipinski definition) is 2. The van der Waals surface area contributed by atoms with Crippen LogP contribution in [0.1, 0.15) is 27.0 Å². The van der Waals surface area contributed by atoms with Crippen molar-refractivity contribution >= 4 is 34.6 Å². The Hall–Kier alpha value is -5.05. The molecule has 180 valence electrons. The lowest BCUT2D eigenvalue weighted by Crippen LogP contribution is -2.20. The molecule has 0 heterocycles. The summed E-state index contributed by atoms with van der Waals surface area (Å²) in [5.41, 5.74) is 4.20. The molecule has 0 aliphatic carbocycles. The van der Waals surface area contributed by atoms with Crippen LogP contribution >= 0.6 is 0 Å². The summed E-state index contributed by atoms with van der Waals surface area (Å²) in [7, 11) is 0. The van der Waals surface area contributed by atoms with E-state index in [-0.39, 0.29) is 24.3 Å². The number of para-hydroxylation sites is 1. The van der Waals surface area contributed by atoms with Crippen LogP contribution in [0.4, 0.5) is 5.69 Å². The molecule has 0 fully saturated rings. The second-order valence-corrected chi connectivity index (χ2v) is 7.85. The zero-order valence-corrected chi connectivity index (χ0v) is 19.0. The van der Waals surface area contributed by atoms with Gasteiger partial charge in [0.05, 0.1) is 23.1 Å². The highest BCUT2D eigenvalue weighted by Gasteiger charge is 2.15. The molecular weight excluding hydrogens is 462 g/mol. The SMILES string of the molecule is O=C(Cc1ccccc1[N+](=O)[O-])N/N=C/c1c(OCc2ccc(C(=O)O)cc2)ccc2ccccc12. The maximum absolute atomic E-state index is 12.4. The monoisotopic (exact) mass is 483 g/mol. The summed E-state index contributed by atoms with van der Waals surface area (Å²) in [6, 6.07) is 23.8. The second-order valence-electron chi connectivity index (χ2n) is 7.85. The van der Waals surface area contributed by atoms with Crippen LogP contribution in [0.5, 0.6) is 5.75 Å². The topological polar surface area (TPSA) is 131 Å². The minimum absolute atomic E-state index is 0.127. The number of nitro benzene ring substituents is 1. The number of nitrogens with one attached hydrogen (secondary N) is 1. The van der Waals surface area contributed by atoms with Crippen molar-refractivity contribution in [2.75, 3.05) is 0 Å². The summed E-state index contributed by atoms with van der Waals surface area (Å²) in [5, 5.41) is 26.1. The van der Waals surface area contributed by atoms with Gasteiger partial charge in [-0.15, -0.1) is 0 Å². The van der Waals surface area contributed by atoms with E-state index in [1.807, 2.05) is 30.3 Å². The molecule has 0 aliphatic heterocycles. The van der Waals surface area contributed by atoms with Gasteiger partial charge in [0.1, 0.15) is 12.4 Å². The molecule has 4 rings (SSSR count). The highest BCUT2D eigenvalue weighted by molar-refractivity contribution is 6.02. The Bertz CT molecular complexity index is 1460. The first-order valence-corrected chi connectivity index (χ1v) is 10.9. The fourth-order valence-corrected chi connectivity index (χ4v) is 3.66. The third kappa shape index (κ3) is 5.71. The third-order valence-corrected chi connectivity index (χ3v) is 5.45. The van der Waals surface area contributed by atoms with Crippen LogP contribution in [-0.2, 0) is 17.8 Å². The molecule has 4 aromatic carbocycles. The lowest BCUT2D eigenvalue weighted by atomic mass is 10.0. The van der Waals surface area contributed by atoms with Crippen molar-refractivity contribution in [2.45, 2.75) is 13.0 Å². The van der Waals surface area contributed by atoms with Crippen molar-refractivity contribution in [1.29, 1.82) is 0 Å². The largest absolute Gasteiger partial charge is 0.488 e. The quantitative estimate of drug-likeness (QED) is 0.201. The van der Waals surface area contributed by atoms with Crippen LogP contribution in [0.3, 0.4) is 0 Å². The second kappa shape index (κ2) is 10.9. The van der Waals surface area contributed by atoms with Crippen LogP contribution in [0.25, 0.3) is 10.8 Å². The van der Waals surface area contributed by atoms with Gasteiger partial charge in [-0.25, -0.2) is 10.2 Å². The van der Waals surface area contributed by atoms with Gasteiger partial charge in [0.25, 0.3) is 5.69 Å². The van der Waals surface area contributed by atoms with E-state index in [2.05, 4.69) is 10.5 Å². The summed E-state index contributed by atoms with van der Waals surface area (Å²) >= 11 is 0. The summed E-state index contributed by atoms with van der Waals surface area (Å²) in [5.74, 6) is -0.978. The van der Waals surface area contributed by atoms with Crippen LogP contribution in [0.2, 0.25) is 0 Å². The molecule has 0 saturated heterocycles. The predicted molar refractivity (Wildman–Crippen MR) is 134 cm³/mol. The van der Waals surface area contributed by atoms with Gasteiger partial charge in [-0.2, -0.15) is 5.10 Å². The van der Waals surface area contributed by atoms with E-state index < -0.39 is 16.8 Å². The van der Waals surface area contributed by atoms with Gasteiger partial charge in [-0.1, -0.05) is 60.7 Å². The Morgan fingerprint density at radius 1 is 0.972 bits per heavy atom. The van der Waals surface area contributed by atoms with E-state index in [0.29, 0.717) is 16.9 Å². The highest BCUT2D eigenvalue weighted by atomic mass is 16.6. The van der Waals surface area contributed by atoms with Gasteiger partial charge in [0.2, 0.25) is 5.91 Å². The van der Waals surface area contributed by atoms with Crippen molar-refractivity contribution in [2.24, 2.45) is 5.10 Å². The molecule has 0 radical (unpaired) electrons. The molecule has 4 aromatic rings. The number of rotatable bonds is 9. The zero-order valence-electron chi connectivity index (χ0n) is 19.0. The number of ether oxygens (including phenoxy) is 1. The van der Waals surface area contributed by atoms with Crippen molar-refractivity contribution in [3.63, 3.8) is 0 Å².